The fraction of sp³-hybridized carbons (Fsp3) is 0.427. The van der Waals surface area contributed by atoms with Gasteiger partial charge in [0.15, 0.2) is 0 Å². The van der Waals surface area contributed by atoms with Crippen molar-refractivity contribution in [3.8, 4) is 42.3 Å². The van der Waals surface area contributed by atoms with Crippen molar-refractivity contribution in [1.82, 2.24) is 16.0 Å². The minimum absolute atomic E-state index is 0.00193. The van der Waals surface area contributed by atoms with Crippen molar-refractivity contribution >= 4 is 150 Å². The predicted octanol–water partition coefficient (Wildman–Crippen LogP) is 17.6. The van der Waals surface area contributed by atoms with E-state index in [0.29, 0.717) is 130 Å². The Labute approximate surface area is 774 Å². The normalized spacial score (nSPS) is 11.2. The fourth-order valence-corrected chi connectivity index (χ4v) is 19.1. The molecule has 0 fully saturated rings. The number of amides is 3. The molecule has 12 rings (SSSR count). The average molecular weight is 1820 g/mol. The summed E-state index contributed by atoms with van der Waals surface area (Å²) in [4.78, 5) is 91.4. The minimum atomic E-state index is -0.0207. The molecule has 25 heteroatoms. The van der Waals surface area contributed by atoms with Gasteiger partial charge in [0.1, 0.15) is 70.1 Å². The molecule has 682 valence electrons. The SMILES string of the molecule is Cc1ccc2c(c1)sc(-c1ccc(N(C)CCC(=O)C(C)C)cc1)[n+]2C.Cc1ccc2c(c1)sc(-c1ccc(N(C)CCC(=O)NCCC(=O)C(C)C)cc1)[n+]2C.Cc1ccc2c(c1)sc(-c1ccc(N(C)CCC(=O)NCCOCCC(=O)C(C)C)cc1)[n+]2C.Cc1ccc2c(c1)sc(-c1ccc(N(C)CCC(=O)NCCOCCOCCC(=O)C(C)C)cc1)[n+]2C. The second-order valence-corrected chi connectivity index (χ2v) is 38.4. The molecule has 4 heterocycles. The van der Waals surface area contributed by atoms with Crippen molar-refractivity contribution in [2.45, 2.75) is 128 Å². The Hall–Kier alpha value is -10.5. The maximum Gasteiger partial charge on any atom is 0.269 e. The zero-order valence-corrected chi connectivity index (χ0v) is 82.2. The van der Waals surface area contributed by atoms with Crippen LogP contribution in [0.5, 0.6) is 0 Å². The highest BCUT2D eigenvalue weighted by Crippen LogP contribution is 2.35. The zero-order chi connectivity index (χ0) is 92.8. The molecule has 0 atom stereocenters. The number of aryl methyl sites for hydroxylation is 8. The van der Waals surface area contributed by atoms with E-state index in [0.717, 1.165) is 29.3 Å². The number of aromatic nitrogens is 4. The number of thiazole rings is 4. The predicted molar refractivity (Wildman–Crippen MR) is 529 cm³/mol. The van der Waals surface area contributed by atoms with Gasteiger partial charge in [-0.05, 0) is 171 Å². The number of ketones is 4. The molecule has 0 aliphatic rings. The van der Waals surface area contributed by atoms with Gasteiger partial charge in [-0.15, -0.1) is 0 Å². The molecule has 8 aromatic carbocycles. The van der Waals surface area contributed by atoms with Crippen molar-refractivity contribution in [3.05, 3.63) is 192 Å². The lowest BCUT2D eigenvalue weighted by molar-refractivity contribution is -0.629. The third-order valence-corrected chi connectivity index (χ3v) is 27.7. The Morgan fingerprint density at radius 1 is 0.289 bits per heavy atom. The molecule has 4 aromatic heterocycles. The third-order valence-electron chi connectivity index (χ3n) is 22.7. The van der Waals surface area contributed by atoms with Gasteiger partial charge in [0.05, 0.1) is 61.9 Å². The van der Waals surface area contributed by atoms with Gasteiger partial charge in [0.2, 0.25) is 39.8 Å². The molecule has 0 spiro atoms. The molecule has 21 nitrogen and oxygen atoms in total. The van der Waals surface area contributed by atoms with Gasteiger partial charge in [-0.1, -0.05) is 125 Å². The van der Waals surface area contributed by atoms with Crippen LogP contribution in [0.4, 0.5) is 22.7 Å². The maximum absolute atomic E-state index is 12.2. The second kappa shape index (κ2) is 49.9. The number of hydrogen-bond acceptors (Lipinski definition) is 18. The summed E-state index contributed by atoms with van der Waals surface area (Å²) in [6.45, 7) is 30.3. The number of carbonyl (C=O) groups excluding carboxylic acids is 7. The number of nitrogens with zero attached hydrogens (tertiary/aromatic N) is 8. The molecule has 12 aromatic rings. The molecule has 128 heavy (non-hydrogen) atoms. The molecule has 3 amide bonds. The van der Waals surface area contributed by atoms with Crippen LogP contribution in [0.2, 0.25) is 0 Å². The lowest BCUT2D eigenvalue weighted by Crippen LogP contribution is -2.31. The second-order valence-electron chi connectivity index (χ2n) is 34.2. The van der Waals surface area contributed by atoms with Crippen LogP contribution in [0.15, 0.2) is 170 Å². The fourth-order valence-electron chi connectivity index (χ4n) is 14.1. The van der Waals surface area contributed by atoms with Gasteiger partial charge in [-0.25, -0.2) is 0 Å². The monoisotopic (exact) mass is 1810 g/mol. The molecule has 0 radical (unpaired) electrons. The average Bonchev–Trinajstić information content (AvgIpc) is 1.66. The first-order chi connectivity index (χ1) is 61.1. The van der Waals surface area contributed by atoms with Crippen LogP contribution in [0.25, 0.3) is 83.2 Å². The Kier molecular flexibility index (Phi) is 39.5. The standard InChI is InChI=1S/C29H39N3O4S.C27H35N3O3S.C25H31N3O2S.C22H27N2OS/c1-21(2)26(33)13-16-35-18-19-36-17-14-30-28(34)12-15-31(4)24-9-7-23(8-10-24)29-32(5)25-11-6-22(3)20-27(25)37-29;1-19(2)24(31)13-16-33-17-14-28-26(32)12-15-29(4)22-9-7-21(8-10-22)27-30(5)23-11-6-20(3)18-25(23)34-27;1-17(2)22(29)12-14-26-24(30)13-15-27(4)20-9-7-19(8-10-20)25-28(5)21-11-6-18(3)16-23(21)31-25;1-15(2)20(25)12-13-23(4)18-9-7-17(8-10-18)22-24(5)19-11-6-16(3)14-21(19)26-22/h6-11,20-21H,12-19H2,1-5H3;6-11,18-19H,12-17H2,1-5H3;6-11,16-17H,12-15H2,1-5H3;6-11,14-15H,12-13H2,1-5H3/q;;;+1/p+3. The van der Waals surface area contributed by atoms with E-state index in [9.17, 15) is 33.6 Å². The van der Waals surface area contributed by atoms with Gasteiger partial charge < -0.3 is 49.8 Å². The summed E-state index contributed by atoms with van der Waals surface area (Å²) in [5.41, 5.74) is 19.3. The van der Waals surface area contributed by atoms with Crippen molar-refractivity contribution in [1.29, 1.82) is 0 Å². The summed E-state index contributed by atoms with van der Waals surface area (Å²) in [7, 11) is 16.5. The summed E-state index contributed by atoms with van der Waals surface area (Å²) in [6.07, 6.45) is 3.09. The van der Waals surface area contributed by atoms with Crippen LogP contribution in [-0.2, 0) is 76.0 Å². The molecule has 0 saturated carbocycles. The number of anilines is 4. The highest BCUT2D eigenvalue weighted by Gasteiger charge is 2.25. The summed E-state index contributed by atoms with van der Waals surface area (Å²) in [5.74, 6) is 1.12. The Morgan fingerprint density at radius 3 is 0.781 bits per heavy atom. The van der Waals surface area contributed by atoms with Crippen LogP contribution in [0.3, 0.4) is 0 Å². The molecule has 0 aliphatic carbocycles. The Balaban J connectivity index is 0.000000194. The van der Waals surface area contributed by atoms with Crippen LogP contribution in [-0.4, -0.2) is 154 Å². The number of hydrogen-bond donors (Lipinski definition) is 3. The van der Waals surface area contributed by atoms with Gasteiger partial charge in [0, 0.05) is 190 Å². The zero-order valence-electron chi connectivity index (χ0n) is 78.9. The summed E-state index contributed by atoms with van der Waals surface area (Å²) in [5, 5.41) is 13.6. The van der Waals surface area contributed by atoms with Crippen LogP contribution >= 0.6 is 45.3 Å². The van der Waals surface area contributed by atoms with Crippen LogP contribution < -0.4 is 53.8 Å². The van der Waals surface area contributed by atoms with Gasteiger partial charge >= 0.3 is 0 Å². The first-order valence-electron chi connectivity index (χ1n) is 44.6. The summed E-state index contributed by atoms with van der Waals surface area (Å²) < 4.78 is 30.5. The van der Waals surface area contributed by atoms with Crippen molar-refractivity contribution in [3.63, 3.8) is 0 Å². The number of benzene rings is 8. The molecular weight excluding hydrogens is 1680 g/mol. The first kappa shape index (κ1) is 101. The van der Waals surface area contributed by atoms with Crippen LogP contribution in [0.1, 0.15) is 123 Å². The molecule has 3 N–H and O–H groups in total. The Morgan fingerprint density at radius 2 is 0.516 bits per heavy atom. The highest BCUT2D eigenvalue weighted by molar-refractivity contribution is 7.22. The minimum Gasteiger partial charge on any atom is -0.379 e. The molecule has 0 bridgehead atoms. The van der Waals surface area contributed by atoms with E-state index in [1.807, 2.05) is 94.9 Å². The van der Waals surface area contributed by atoms with Crippen molar-refractivity contribution in [2.75, 3.05) is 133 Å². The van der Waals surface area contributed by atoms with Gasteiger partial charge in [0.25, 0.3) is 20.0 Å². The lowest BCUT2D eigenvalue weighted by atomic mass is 10.1. The Bertz CT molecular complexity index is 5680. The molecule has 0 saturated heterocycles. The van der Waals surface area contributed by atoms with Gasteiger partial charge in [-0.3, -0.25) is 33.6 Å². The smallest absolute Gasteiger partial charge is 0.269 e. The van der Waals surface area contributed by atoms with Gasteiger partial charge in [-0.2, -0.15) is 18.3 Å². The summed E-state index contributed by atoms with van der Waals surface area (Å²) in [6, 6.07) is 60.4. The van der Waals surface area contributed by atoms with E-state index >= 15 is 0 Å². The van der Waals surface area contributed by atoms with E-state index in [1.54, 1.807) is 34.0 Å². The van der Waals surface area contributed by atoms with Crippen molar-refractivity contribution in [2.24, 2.45) is 51.9 Å². The van der Waals surface area contributed by atoms with Crippen LogP contribution in [0, 0.1) is 51.4 Å². The number of fused-ring (bicyclic) bond motifs is 4. The van der Waals surface area contributed by atoms with Crippen molar-refractivity contribution < 1.29 is 66.0 Å². The summed E-state index contributed by atoms with van der Waals surface area (Å²) >= 11 is 7.24. The highest BCUT2D eigenvalue weighted by atomic mass is 32.1. The van der Waals surface area contributed by atoms with E-state index in [1.165, 1.54) is 105 Å². The number of carbonyl (C=O) groups is 7. The third kappa shape index (κ3) is 30.0. The largest absolute Gasteiger partial charge is 0.379 e. The number of rotatable bonds is 42. The maximum atomic E-state index is 12.2. The quantitative estimate of drug-likeness (QED) is 0.0240. The number of nitrogens with one attached hydrogen (secondary N) is 3. The van der Waals surface area contributed by atoms with E-state index < -0.39 is 0 Å². The molecular formula is C103H135N11O10S4+4. The number of Topliss-reactive ketones (excluding diaryl/α,β-unsaturated/α-hetero) is 4. The van der Waals surface area contributed by atoms with E-state index in [4.69, 9.17) is 14.2 Å². The first-order valence-corrected chi connectivity index (χ1v) is 47.9. The topological polar surface area (TPSA) is 212 Å². The molecule has 0 unspecified atom stereocenters. The van der Waals surface area contributed by atoms with E-state index in [2.05, 4.69) is 280 Å². The number of ether oxygens (including phenoxy) is 3. The lowest BCUT2D eigenvalue weighted by Gasteiger charge is -2.19. The molecule has 0 aliphatic heterocycles. The van der Waals surface area contributed by atoms with E-state index in [-0.39, 0.29) is 58.7 Å².